The van der Waals surface area contributed by atoms with E-state index in [4.69, 9.17) is 0 Å². The van der Waals surface area contributed by atoms with E-state index in [2.05, 4.69) is 25.9 Å². The summed E-state index contributed by atoms with van der Waals surface area (Å²) in [5, 5.41) is 8.04. The van der Waals surface area contributed by atoms with Gasteiger partial charge in [-0.05, 0) is 12.8 Å². The van der Waals surface area contributed by atoms with Crippen LogP contribution in [0.15, 0.2) is 6.07 Å². The maximum absolute atomic E-state index is 12.6. The van der Waals surface area contributed by atoms with Crippen molar-refractivity contribution in [3.8, 4) is 0 Å². The average molecular weight is 303 g/mol. The molecular weight excluding hydrogens is 287 g/mol. The van der Waals surface area contributed by atoms with Gasteiger partial charge in [0, 0.05) is 32.1 Å². The first-order valence-corrected chi connectivity index (χ1v) is 6.56. The van der Waals surface area contributed by atoms with E-state index in [1.54, 1.807) is 0 Å². The number of anilines is 2. The SMILES string of the molecule is CNc1cc(NCCC(=O)NC2CC2)nc(C(F)(F)F)n1. The van der Waals surface area contributed by atoms with Crippen LogP contribution in [0.5, 0.6) is 0 Å². The van der Waals surface area contributed by atoms with Crippen LogP contribution in [-0.2, 0) is 11.0 Å². The number of carbonyl (C=O) groups excluding carboxylic acids is 1. The van der Waals surface area contributed by atoms with E-state index in [9.17, 15) is 18.0 Å². The fraction of sp³-hybridized carbons (Fsp3) is 0.583. The van der Waals surface area contributed by atoms with Crippen molar-refractivity contribution < 1.29 is 18.0 Å². The molecule has 1 aromatic rings. The third kappa shape index (κ3) is 4.76. The van der Waals surface area contributed by atoms with E-state index in [-0.39, 0.29) is 36.6 Å². The molecule has 0 bridgehead atoms. The third-order valence-electron chi connectivity index (χ3n) is 2.84. The van der Waals surface area contributed by atoms with Gasteiger partial charge in [-0.25, -0.2) is 9.97 Å². The number of hydrogen-bond donors (Lipinski definition) is 3. The second kappa shape index (κ2) is 6.15. The van der Waals surface area contributed by atoms with Gasteiger partial charge in [0.05, 0.1) is 0 Å². The van der Waals surface area contributed by atoms with Crippen LogP contribution in [0, 0.1) is 0 Å². The Morgan fingerprint density at radius 1 is 1.33 bits per heavy atom. The summed E-state index contributed by atoms with van der Waals surface area (Å²) in [5.74, 6) is -1.26. The molecule has 1 fully saturated rings. The van der Waals surface area contributed by atoms with Crippen LogP contribution in [0.3, 0.4) is 0 Å². The topological polar surface area (TPSA) is 78.9 Å². The van der Waals surface area contributed by atoms with Gasteiger partial charge in [-0.15, -0.1) is 0 Å². The van der Waals surface area contributed by atoms with E-state index < -0.39 is 12.0 Å². The third-order valence-corrected chi connectivity index (χ3v) is 2.84. The van der Waals surface area contributed by atoms with Gasteiger partial charge in [0.1, 0.15) is 11.6 Å². The second-order valence-electron chi connectivity index (χ2n) is 4.73. The lowest BCUT2D eigenvalue weighted by molar-refractivity contribution is -0.144. The maximum atomic E-state index is 12.6. The summed E-state index contributed by atoms with van der Waals surface area (Å²) in [5.41, 5.74) is 0. The van der Waals surface area contributed by atoms with Crippen molar-refractivity contribution in [3.05, 3.63) is 11.9 Å². The number of halogens is 3. The number of nitrogens with zero attached hydrogens (tertiary/aromatic N) is 2. The molecule has 1 heterocycles. The van der Waals surface area contributed by atoms with Crippen LogP contribution in [0.1, 0.15) is 25.1 Å². The molecular formula is C12H16F3N5O. The standard InChI is InChI=1S/C12H16F3N5O/c1-16-8-6-9(20-11(19-8)12(13,14)15)17-5-4-10(21)18-7-2-3-7/h6-7H,2-5H2,1H3,(H,18,21)(H2,16,17,19,20). The molecule has 0 spiro atoms. The van der Waals surface area contributed by atoms with Crippen molar-refractivity contribution in [1.82, 2.24) is 15.3 Å². The number of amides is 1. The van der Waals surface area contributed by atoms with Crippen LogP contribution < -0.4 is 16.0 Å². The Labute approximate surface area is 119 Å². The predicted molar refractivity (Wildman–Crippen MR) is 70.9 cm³/mol. The van der Waals surface area contributed by atoms with Crippen LogP contribution in [0.4, 0.5) is 24.8 Å². The number of aromatic nitrogens is 2. The number of alkyl halides is 3. The Morgan fingerprint density at radius 2 is 2.00 bits per heavy atom. The maximum Gasteiger partial charge on any atom is 0.451 e. The number of rotatable bonds is 6. The van der Waals surface area contributed by atoms with E-state index in [1.165, 1.54) is 13.1 Å². The predicted octanol–water partition coefficient (Wildman–Crippen LogP) is 1.62. The summed E-state index contributed by atoms with van der Waals surface area (Å²) in [4.78, 5) is 18.2. The molecule has 0 aliphatic heterocycles. The highest BCUT2D eigenvalue weighted by atomic mass is 19.4. The van der Waals surface area contributed by atoms with Crippen molar-refractivity contribution in [2.45, 2.75) is 31.5 Å². The van der Waals surface area contributed by atoms with Crippen molar-refractivity contribution in [2.75, 3.05) is 24.2 Å². The largest absolute Gasteiger partial charge is 0.451 e. The molecule has 0 aromatic carbocycles. The Morgan fingerprint density at radius 3 is 2.57 bits per heavy atom. The second-order valence-corrected chi connectivity index (χ2v) is 4.73. The fourth-order valence-corrected chi connectivity index (χ4v) is 1.62. The van der Waals surface area contributed by atoms with Crippen LogP contribution >= 0.6 is 0 Å². The van der Waals surface area contributed by atoms with Crippen LogP contribution in [0.2, 0.25) is 0 Å². The molecule has 0 radical (unpaired) electrons. The first-order chi connectivity index (χ1) is 9.88. The van der Waals surface area contributed by atoms with Crippen molar-refractivity contribution in [2.24, 2.45) is 0 Å². The lowest BCUT2D eigenvalue weighted by Gasteiger charge is -2.11. The molecule has 1 amide bonds. The first-order valence-electron chi connectivity index (χ1n) is 6.56. The van der Waals surface area contributed by atoms with E-state index in [1.807, 2.05) is 0 Å². The molecule has 21 heavy (non-hydrogen) atoms. The van der Waals surface area contributed by atoms with Crippen molar-refractivity contribution in [1.29, 1.82) is 0 Å². The van der Waals surface area contributed by atoms with Gasteiger partial charge in [-0.1, -0.05) is 0 Å². The lowest BCUT2D eigenvalue weighted by Crippen LogP contribution is -2.27. The minimum Gasteiger partial charge on any atom is -0.373 e. The van der Waals surface area contributed by atoms with Gasteiger partial charge in [0.2, 0.25) is 11.7 Å². The zero-order valence-corrected chi connectivity index (χ0v) is 11.4. The molecule has 116 valence electrons. The Balaban J connectivity index is 1.93. The molecule has 0 atom stereocenters. The van der Waals surface area contributed by atoms with E-state index in [0.717, 1.165) is 12.8 Å². The summed E-state index contributed by atoms with van der Waals surface area (Å²) >= 11 is 0. The number of nitrogens with one attached hydrogen (secondary N) is 3. The van der Waals surface area contributed by atoms with E-state index >= 15 is 0 Å². The molecule has 1 aliphatic rings. The highest BCUT2D eigenvalue weighted by Crippen LogP contribution is 2.28. The summed E-state index contributed by atoms with van der Waals surface area (Å²) in [6.45, 7) is 0.204. The quantitative estimate of drug-likeness (QED) is 0.744. The number of carbonyl (C=O) groups is 1. The zero-order chi connectivity index (χ0) is 15.5. The summed E-state index contributed by atoms with van der Waals surface area (Å²) in [7, 11) is 1.47. The highest BCUT2D eigenvalue weighted by molar-refractivity contribution is 5.77. The lowest BCUT2D eigenvalue weighted by atomic mass is 10.3. The molecule has 9 heteroatoms. The normalized spacial score (nSPS) is 14.7. The molecule has 1 aliphatic carbocycles. The Kier molecular flexibility index (Phi) is 4.49. The van der Waals surface area contributed by atoms with Gasteiger partial charge >= 0.3 is 6.18 Å². The average Bonchev–Trinajstić information content (AvgIpc) is 3.21. The van der Waals surface area contributed by atoms with Crippen LogP contribution in [-0.4, -0.2) is 35.5 Å². The van der Waals surface area contributed by atoms with Crippen LogP contribution in [0.25, 0.3) is 0 Å². The molecule has 0 saturated heterocycles. The van der Waals surface area contributed by atoms with Gasteiger partial charge in [-0.3, -0.25) is 4.79 Å². The first kappa shape index (κ1) is 15.3. The minimum absolute atomic E-state index is 0.0286. The molecule has 2 rings (SSSR count). The molecule has 1 aromatic heterocycles. The monoisotopic (exact) mass is 303 g/mol. The van der Waals surface area contributed by atoms with Gasteiger partial charge in [0.25, 0.3) is 0 Å². The Hall–Kier alpha value is -2.06. The number of hydrogen-bond acceptors (Lipinski definition) is 5. The summed E-state index contributed by atoms with van der Waals surface area (Å²) in [6.07, 6.45) is -2.46. The van der Waals surface area contributed by atoms with Crippen molar-refractivity contribution in [3.63, 3.8) is 0 Å². The van der Waals surface area contributed by atoms with Gasteiger partial charge in [-0.2, -0.15) is 13.2 Å². The Bertz CT molecular complexity index is 516. The van der Waals surface area contributed by atoms with Crippen molar-refractivity contribution >= 4 is 17.5 Å². The smallest absolute Gasteiger partial charge is 0.373 e. The molecule has 1 saturated carbocycles. The van der Waals surface area contributed by atoms with E-state index in [0.29, 0.717) is 0 Å². The zero-order valence-electron chi connectivity index (χ0n) is 11.4. The molecule has 3 N–H and O–H groups in total. The fourth-order valence-electron chi connectivity index (χ4n) is 1.62. The molecule has 0 unspecified atom stereocenters. The van der Waals surface area contributed by atoms with Gasteiger partial charge in [0.15, 0.2) is 0 Å². The highest BCUT2D eigenvalue weighted by Gasteiger charge is 2.35. The minimum atomic E-state index is -4.62. The van der Waals surface area contributed by atoms with Gasteiger partial charge < -0.3 is 16.0 Å². The summed E-state index contributed by atoms with van der Waals surface area (Å²) in [6, 6.07) is 1.62. The summed E-state index contributed by atoms with van der Waals surface area (Å²) < 4.78 is 37.9. The molecule has 6 nitrogen and oxygen atoms in total.